The Hall–Kier alpha value is -0.810. The highest BCUT2D eigenvalue weighted by Crippen LogP contribution is 2.18. The predicted molar refractivity (Wildman–Crippen MR) is 89.6 cm³/mol. The molecule has 0 aromatic carbocycles. The molecule has 2 rings (SSSR count). The number of likely N-dealkylation sites (tertiary alicyclic amines) is 1. The van der Waals surface area contributed by atoms with Crippen LogP contribution in [0, 0.1) is 5.92 Å². The molecular formula is C16H26BrN3O. The average Bonchev–Trinajstić information content (AvgIpc) is 2.85. The third-order valence-corrected chi connectivity index (χ3v) is 4.74. The van der Waals surface area contributed by atoms with Crippen LogP contribution in [0.2, 0.25) is 0 Å². The van der Waals surface area contributed by atoms with Crippen LogP contribution in [-0.2, 0) is 6.54 Å². The summed E-state index contributed by atoms with van der Waals surface area (Å²) in [5, 5.41) is 3.08. The lowest BCUT2D eigenvalue weighted by Gasteiger charge is -2.35. The first kappa shape index (κ1) is 16.6. The average molecular weight is 356 g/mol. The number of hydrogen-bond donors (Lipinski definition) is 1. The van der Waals surface area contributed by atoms with E-state index in [0.29, 0.717) is 12.6 Å². The molecular weight excluding hydrogens is 330 g/mol. The van der Waals surface area contributed by atoms with E-state index >= 15 is 0 Å². The number of aromatic nitrogens is 1. The largest absolute Gasteiger partial charge is 0.349 e. The number of rotatable bonds is 5. The second-order valence-corrected chi connectivity index (χ2v) is 7.05. The lowest BCUT2D eigenvalue weighted by molar-refractivity contribution is 0.0908. The van der Waals surface area contributed by atoms with E-state index in [1.807, 2.05) is 23.8 Å². The van der Waals surface area contributed by atoms with Crippen LogP contribution in [0.1, 0.15) is 44.1 Å². The van der Waals surface area contributed by atoms with E-state index in [1.165, 1.54) is 12.8 Å². The van der Waals surface area contributed by atoms with Gasteiger partial charge >= 0.3 is 0 Å². The van der Waals surface area contributed by atoms with E-state index in [1.54, 1.807) is 0 Å². The molecule has 0 saturated carbocycles. The quantitative estimate of drug-likeness (QED) is 0.880. The highest BCUT2D eigenvalue weighted by Gasteiger charge is 2.21. The number of nitrogens with zero attached hydrogens (tertiary/aromatic N) is 2. The first-order valence-corrected chi connectivity index (χ1v) is 8.68. The summed E-state index contributed by atoms with van der Waals surface area (Å²) in [6.07, 6.45) is 4.55. The van der Waals surface area contributed by atoms with Crippen molar-refractivity contribution in [2.24, 2.45) is 5.92 Å². The van der Waals surface area contributed by atoms with Gasteiger partial charge in [0, 0.05) is 36.3 Å². The molecule has 118 valence electrons. The fourth-order valence-corrected chi connectivity index (χ4v) is 3.48. The molecule has 4 nitrogen and oxygen atoms in total. The number of amides is 1. The number of carbonyl (C=O) groups is 1. The summed E-state index contributed by atoms with van der Waals surface area (Å²) in [4.78, 5) is 14.8. The first-order valence-electron chi connectivity index (χ1n) is 7.89. The molecule has 0 radical (unpaired) electrons. The molecule has 0 aliphatic carbocycles. The van der Waals surface area contributed by atoms with E-state index in [2.05, 4.69) is 40.0 Å². The van der Waals surface area contributed by atoms with Crippen molar-refractivity contribution in [2.45, 2.75) is 46.2 Å². The zero-order valence-corrected chi connectivity index (χ0v) is 14.8. The van der Waals surface area contributed by atoms with Crippen LogP contribution in [0.3, 0.4) is 0 Å². The van der Waals surface area contributed by atoms with Crippen molar-refractivity contribution < 1.29 is 4.79 Å². The molecule has 5 heteroatoms. The standard InChI is InChI=1S/C16H26BrN3O/c1-4-19-11-14(17)8-15(19)16(21)18-9-13(3)20-7-5-6-12(2)10-20/h8,11-13H,4-7,9-10H2,1-3H3,(H,18,21)/t12-,13+/m0/s1. The number of carbonyl (C=O) groups excluding carboxylic acids is 1. The van der Waals surface area contributed by atoms with Gasteiger partial charge in [0.25, 0.3) is 5.91 Å². The number of halogens is 1. The molecule has 1 aromatic rings. The SMILES string of the molecule is CCn1cc(Br)cc1C(=O)NC[C@@H](C)N1CCC[C@H](C)C1. The van der Waals surface area contributed by atoms with E-state index in [4.69, 9.17) is 0 Å². The van der Waals surface area contributed by atoms with Crippen LogP contribution in [0.25, 0.3) is 0 Å². The second-order valence-electron chi connectivity index (χ2n) is 6.13. The maximum Gasteiger partial charge on any atom is 0.267 e. The Labute approximate surface area is 136 Å². The minimum absolute atomic E-state index is 0.0134. The van der Waals surface area contributed by atoms with Crippen molar-refractivity contribution >= 4 is 21.8 Å². The first-order chi connectivity index (χ1) is 10.0. The third-order valence-electron chi connectivity index (χ3n) is 4.31. The van der Waals surface area contributed by atoms with Crippen molar-refractivity contribution in [1.82, 2.24) is 14.8 Å². The molecule has 0 bridgehead atoms. The normalized spacial score (nSPS) is 21.2. The monoisotopic (exact) mass is 355 g/mol. The molecule has 21 heavy (non-hydrogen) atoms. The molecule has 0 spiro atoms. The van der Waals surface area contributed by atoms with Crippen LogP contribution in [0.4, 0.5) is 0 Å². The van der Waals surface area contributed by atoms with Gasteiger partial charge in [0.05, 0.1) is 0 Å². The van der Waals surface area contributed by atoms with Crippen LogP contribution >= 0.6 is 15.9 Å². The Morgan fingerprint density at radius 3 is 3.00 bits per heavy atom. The Balaban J connectivity index is 1.88. The smallest absolute Gasteiger partial charge is 0.267 e. The summed E-state index contributed by atoms with van der Waals surface area (Å²) in [6.45, 7) is 10.4. The van der Waals surface area contributed by atoms with E-state index < -0.39 is 0 Å². The van der Waals surface area contributed by atoms with E-state index in [0.717, 1.165) is 35.7 Å². The minimum Gasteiger partial charge on any atom is -0.349 e. The molecule has 0 unspecified atom stereocenters. The highest BCUT2D eigenvalue weighted by molar-refractivity contribution is 9.10. The zero-order valence-electron chi connectivity index (χ0n) is 13.2. The van der Waals surface area contributed by atoms with Gasteiger partial charge in [-0.15, -0.1) is 0 Å². The van der Waals surface area contributed by atoms with Crippen LogP contribution in [-0.4, -0.2) is 41.1 Å². The highest BCUT2D eigenvalue weighted by atomic mass is 79.9. The zero-order chi connectivity index (χ0) is 15.4. The van der Waals surface area contributed by atoms with Crippen molar-refractivity contribution in [1.29, 1.82) is 0 Å². The summed E-state index contributed by atoms with van der Waals surface area (Å²) >= 11 is 3.43. The Morgan fingerprint density at radius 2 is 2.33 bits per heavy atom. The lowest BCUT2D eigenvalue weighted by atomic mass is 9.99. The van der Waals surface area contributed by atoms with Crippen molar-refractivity contribution in [3.05, 3.63) is 22.4 Å². The van der Waals surface area contributed by atoms with Crippen molar-refractivity contribution in [3.8, 4) is 0 Å². The second kappa shape index (κ2) is 7.45. The van der Waals surface area contributed by atoms with Gasteiger partial charge in [-0.2, -0.15) is 0 Å². The Kier molecular flexibility index (Phi) is 5.88. The minimum atomic E-state index is 0.0134. The fraction of sp³-hybridized carbons (Fsp3) is 0.688. The van der Waals surface area contributed by atoms with Crippen LogP contribution in [0.15, 0.2) is 16.7 Å². The Bertz CT molecular complexity index is 486. The molecule has 1 fully saturated rings. The Morgan fingerprint density at radius 1 is 1.57 bits per heavy atom. The molecule has 1 aromatic heterocycles. The maximum atomic E-state index is 12.3. The van der Waals surface area contributed by atoms with Gasteiger partial charge in [-0.25, -0.2) is 0 Å². The number of piperidine rings is 1. The summed E-state index contributed by atoms with van der Waals surface area (Å²) in [5.74, 6) is 0.782. The predicted octanol–water partition coefficient (Wildman–Crippen LogP) is 3.12. The number of aryl methyl sites for hydroxylation is 1. The van der Waals surface area contributed by atoms with E-state index in [9.17, 15) is 4.79 Å². The van der Waals surface area contributed by atoms with Gasteiger partial charge in [-0.1, -0.05) is 6.92 Å². The third kappa shape index (κ3) is 4.33. The molecule has 1 aliphatic rings. The molecule has 1 N–H and O–H groups in total. The van der Waals surface area contributed by atoms with E-state index in [-0.39, 0.29) is 5.91 Å². The molecule has 1 saturated heterocycles. The van der Waals surface area contributed by atoms with Crippen LogP contribution in [0.5, 0.6) is 0 Å². The summed E-state index contributed by atoms with van der Waals surface area (Å²) in [5.41, 5.74) is 0.726. The fourth-order valence-electron chi connectivity index (χ4n) is 3.01. The van der Waals surface area contributed by atoms with Gasteiger partial charge in [0.15, 0.2) is 0 Å². The lowest BCUT2D eigenvalue weighted by Crippen LogP contribution is -2.46. The topological polar surface area (TPSA) is 37.3 Å². The van der Waals surface area contributed by atoms with Gasteiger partial charge in [0.2, 0.25) is 0 Å². The van der Waals surface area contributed by atoms with Crippen molar-refractivity contribution in [2.75, 3.05) is 19.6 Å². The number of hydrogen-bond acceptors (Lipinski definition) is 2. The van der Waals surface area contributed by atoms with Crippen LogP contribution < -0.4 is 5.32 Å². The summed E-state index contributed by atoms with van der Waals surface area (Å²) in [7, 11) is 0. The number of nitrogens with one attached hydrogen (secondary N) is 1. The van der Waals surface area contributed by atoms with Gasteiger partial charge in [-0.3, -0.25) is 9.69 Å². The van der Waals surface area contributed by atoms with Gasteiger partial charge in [0.1, 0.15) is 5.69 Å². The molecule has 1 amide bonds. The van der Waals surface area contributed by atoms with Crippen molar-refractivity contribution in [3.63, 3.8) is 0 Å². The maximum absolute atomic E-state index is 12.3. The van der Waals surface area contributed by atoms with Gasteiger partial charge in [-0.05, 0) is 61.1 Å². The summed E-state index contributed by atoms with van der Waals surface area (Å²) < 4.78 is 2.92. The van der Waals surface area contributed by atoms with Gasteiger partial charge < -0.3 is 9.88 Å². The molecule has 1 aliphatic heterocycles. The molecule has 2 atom stereocenters. The molecule has 2 heterocycles. The summed E-state index contributed by atoms with van der Waals surface area (Å²) in [6, 6.07) is 2.28.